The number of nitrogens with one attached hydrogen (secondary N) is 1. The summed E-state index contributed by atoms with van der Waals surface area (Å²) in [5.41, 5.74) is 0.515. The van der Waals surface area contributed by atoms with E-state index in [-0.39, 0.29) is 5.91 Å². The molecule has 2 bridgehead atoms. The number of amides is 1. The first-order valence-corrected chi connectivity index (χ1v) is 6.62. The fraction of sp³-hybridized carbons (Fsp3) is 0.333. The predicted molar refractivity (Wildman–Crippen MR) is 74.0 cm³/mol. The number of rotatable bonds is 4. The zero-order chi connectivity index (χ0) is 15.0. The van der Waals surface area contributed by atoms with Gasteiger partial charge in [-0.3, -0.25) is 9.59 Å². The summed E-state index contributed by atoms with van der Waals surface area (Å²) < 4.78 is 10.7. The molecule has 0 radical (unpaired) electrons. The van der Waals surface area contributed by atoms with Gasteiger partial charge in [0, 0.05) is 0 Å². The number of carboxylic acids is 1. The van der Waals surface area contributed by atoms with Crippen molar-refractivity contribution in [2.75, 3.05) is 12.4 Å². The van der Waals surface area contributed by atoms with Crippen molar-refractivity contribution in [2.45, 2.75) is 12.2 Å². The molecule has 2 aliphatic rings. The number of fused-ring (bicyclic) bond motifs is 2. The van der Waals surface area contributed by atoms with E-state index >= 15 is 0 Å². The highest BCUT2D eigenvalue weighted by molar-refractivity contribution is 5.97. The number of methoxy groups -OCH3 is 1. The first-order chi connectivity index (χ1) is 10.1. The lowest BCUT2D eigenvalue weighted by atomic mass is 9.82. The lowest BCUT2D eigenvalue weighted by Gasteiger charge is -2.21. The molecule has 0 unspecified atom stereocenters. The number of anilines is 1. The first kappa shape index (κ1) is 13.6. The van der Waals surface area contributed by atoms with E-state index in [1.165, 1.54) is 7.11 Å². The zero-order valence-electron chi connectivity index (χ0n) is 11.4. The van der Waals surface area contributed by atoms with Crippen LogP contribution in [0.5, 0.6) is 5.75 Å². The predicted octanol–water partition coefficient (Wildman–Crippen LogP) is 1.29. The number of ether oxygens (including phenoxy) is 2. The average Bonchev–Trinajstić information content (AvgIpc) is 3.08. The fourth-order valence-electron chi connectivity index (χ4n) is 2.88. The van der Waals surface area contributed by atoms with Crippen molar-refractivity contribution in [1.82, 2.24) is 0 Å². The molecule has 3 rings (SSSR count). The van der Waals surface area contributed by atoms with Gasteiger partial charge in [0.05, 0.1) is 30.9 Å². The molecule has 0 saturated carbocycles. The Morgan fingerprint density at radius 2 is 1.86 bits per heavy atom. The van der Waals surface area contributed by atoms with Gasteiger partial charge in [-0.15, -0.1) is 0 Å². The fourth-order valence-corrected chi connectivity index (χ4v) is 2.88. The minimum absolute atomic E-state index is 0.372. The third-order valence-corrected chi connectivity index (χ3v) is 3.85. The lowest BCUT2D eigenvalue weighted by molar-refractivity contribution is -0.145. The second-order valence-corrected chi connectivity index (χ2v) is 5.03. The normalized spacial score (nSPS) is 29.4. The van der Waals surface area contributed by atoms with Crippen LogP contribution < -0.4 is 10.1 Å². The highest BCUT2D eigenvalue weighted by Gasteiger charge is 2.53. The number of carbonyl (C=O) groups is 2. The summed E-state index contributed by atoms with van der Waals surface area (Å²) in [7, 11) is 1.51. The molecular weight excluding hydrogens is 274 g/mol. The van der Waals surface area contributed by atoms with E-state index in [4.69, 9.17) is 9.47 Å². The number of hydrogen-bond acceptors (Lipinski definition) is 4. The molecule has 0 aromatic heterocycles. The third-order valence-electron chi connectivity index (χ3n) is 3.85. The molecule has 2 heterocycles. The van der Waals surface area contributed by atoms with Gasteiger partial charge in [-0.05, 0) is 12.1 Å². The van der Waals surface area contributed by atoms with Crippen molar-refractivity contribution in [3.63, 3.8) is 0 Å². The molecule has 6 nitrogen and oxygen atoms in total. The molecule has 110 valence electrons. The molecule has 2 N–H and O–H groups in total. The summed E-state index contributed by atoms with van der Waals surface area (Å²) >= 11 is 0. The van der Waals surface area contributed by atoms with Crippen LogP contribution in [0.4, 0.5) is 5.69 Å². The largest absolute Gasteiger partial charge is 0.495 e. The third kappa shape index (κ3) is 2.27. The number of para-hydroxylation sites is 2. The Morgan fingerprint density at radius 1 is 1.19 bits per heavy atom. The molecule has 0 aliphatic carbocycles. The summed E-state index contributed by atoms with van der Waals surface area (Å²) in [6.45, 7) is 0. The highest BCUT2D eigenvalue weighted by atomic mass is 16.5. The smallest absolute Gasteiger partial charge is 0.310 e. The van der Waals surface area contributed by atoms with E-state index in [1.807, 2.05) is 0 Å². The quantitative estimate of drug-likeness (QED) is 0.816. The van der Waals surface area contributed by atoms with Gasteiger partial charge in [-0.1, -0.05) is 24.3 Å². The Bertz CT molecular complexity index is 612. The molecule has 4 atom stereocenters. The van der Waals surface area contributed by atoms with Crippen LogP contribution in [0.15, 0.2) is 36.4 Å². The Hall–Kier alpha value is -2.34. The standard InChI is InChI=1S/C15H15NO5/c1-20-9-5-3-2-4-8(9)16-14(17)12-10-6-7-11(21-10)13(12)15(18)19/h2-7,10-13H,1H3,(H,16,17)(H,18,19)/t10-,11-,12-,13+/m1/s1. The molecule has 1 amide bonds. The molecule has 1 aromatic rings. The van der Waals surface area contributed by atoms with Crippen LogP contribution in [0.1, 0.15) is 0 Å². The van der Waals surface area contributed by atoms with Gasteiger partial charge in [0.15, 0.2) is 0 Å². The number of aliphatic carboxylic acids is 1. The maximum atomic E-state index is 12.4. The summed E-state index contributed by atoms with van der Waals surface area (Å²) in [5.74, 6) is -2.45. The molecule has 6 heteroatoms. The maximum absolute atomic E-state index is 12.4. The molecular formula is C15H15NO5. The highest BCUT2D eigenvalue weighted by Crippen LogP contribution is 2.40. The second kappa shape index (κ2) is 5.21. The minimum Gasteiger partial charge on any atom is -0.495 e. The van der Waals surface area contributed by atoms with Crippen LogP contribution in [0.25, 0.3) is 0 Å². The van der Waals surface area contributed by atoms with E-state index in [0.717, 1.165) is 0 Å². The van der Waals surface area contributed by atoms with Gasteiger partial charge < -0.3 is 19.9 Å². The number of carboxylic acid groups (broad SMARTS) is 1. The average molecular weight is 289 g/mol. The Kier molecular flexibility index (Phi) is 3.39. The van der Waals surface area contributed by atoms with Gasteiger partial charge in [-0.2, -0.15) is 0 Å². The lowest BCUT2D eigenvalue weighted by Crippen LogP contribution is -2.39. The number of hydrogen-bond donors (Lipinski definition) is 2. The van der Waals surface area contributed by atoms with Crippen LogP contribution in [0.2, 0.25) is 0 Å². The summed E-state index contributed by atoms with van der Waals surface area (Å²) in [5, 5.41) is 12.0. The number of benzene rings is 1. The molecule has 1 aromatic carbocycles. The first-order valence-electron chi connectivity index (χ1n) is 6.62. The minimum atomic E-state index is -1.02. The number of carbonyl (C=O) groups excluding carboxylic acids is 1. The Labute approximate surface area is 121 Å². The summed E-state index contributed by atoms with van der Waals surface area (Å²) in [4.78, 5) is 23.8. The van der Waals surface area contributed by atoms with Gasteiger partial charge in [0.25, 0.3) is 0 Å². The van der Waals surface area contributed by atoms with Crippen molar-refractivity contribution in [3.8, 4) is 5.75 Å². The van der Waals surface area contributed by atoms with E-state index < -0.39 is 30.0 Å². The van der Waals surface area contributed by atoms with Crippen molar-refractivity contribution < 1.29 is 24.2 Å². The van der Waals surface area contributed by atoms with Crippen LogP contribution in [-0.4, -0.2) is 36.3 Å². The van der Waals surface area contributed by atoms with Crippen LogP contribution in [-0.2, 0) is 14.3 Å². The van der Waals surface area contributed by atoms with Gasteiger partial charge in [-0.25, -0.2) is 0 Å². The second-order valence-electron chi connectivity index (χ2n) is 5.03. The van der Waals surface area contributed by atoms with Crippen LogP contribution >= 0.6 is 0 Å². The maximum Gasteiger partial charge on any atom is 0.310 e. The van der Waals surface area contributed by atoms with E-state index in [9.17, 15) is 14.7 Å². The van der Waals surface area contributed by atoms with Crippen molar-refractivity contribution in [1.29, 1.82) is 0 Å². The van der Waals surface area contributed by atoms with Gasteiger partial charge in [0.2, 0.25) is 5.91 Å². The molecule has 21 heavy (non-hydrogen) atoms. The van der Waals surface area contributed by atoms with Crippen molar-refractivity contribution in [3.05, 3.63) is 36.4 Å². The topological polar surface area (TPSA) is 84.9 Å². The van der Waals surface area contributed by atoms with Crippen molar-refractivity contribution >= 4 is 17.6 Å². The molecule has 2 aliphatic heterocycles. The SMILES string of the molecule is COc1ccccc1NC(=O)[C@H]1[C@@H](C(=O)O)[C@H]2C=C[C@H]1O2. The zero-order valence-corrected chi connectivity index (χ0v) is 11.4. The molecule has 1 fully saturated rings. The monoisotopic (exact) mass is 289 g/mol. The molecule has 0 spiro atoms. The molecule has 1 saturated heterocycles. The van der Waals surface area contributed by atoms with Crippen LogP contribution in [0.3, 0.4) is 0 Å². The Morgan fingerprint density at radius 3 is 2.52 bits per heavy atom. The summed E-state index contributed by atoms with van der Waals surface area (Å²) in [6.07, 6.45) is 2.44. The van der Waals surface area contributed by atoms with Crippen LogP contribution in [0, 0.1) is 11.8 Å². The van der Waals surface area contributed by atoms with Crippen molar-refractivity contribution in [2.24, 2.45) is 11.8 Å². The van der Waals surface area contributed by atoms with Gasteiger partial charge in [0.1, 0.15) is 11.7 Å². The van der Waals surface area contributed by atoms with E-state index in [2.05, 4.69) is 5.32 Å². The van der Waals surface area contributed by atoms with Gasteiger partial charge >= 0.3 is 5.97 Å². The van der Waals surface area contributed by atoms with E-state index in [0.29, 0.717) is 11.4 Å². The summed E-state index contributed by atoms with van der Waals surface area (Å²) in [6, 6.07) is 6.99. The Balaban J connectivity index is 1.82. The van der Waals surface area contributed by atoms with E-state index in [1.54, 1.807) is 36.4 Å².